The zero-order valence-corrected chi connectivity index (χ0v) is 12.3. The van der Waals surface area contributed by atoms with Gasteiger partial charge in [-0.3, -0.25) is 4.79 Å². The Bertz CT molecular complexity index is 488. The van der Waals surface area contributed by atoms with Crippen molar-refractivity contribution < 1.29 is 9.53 Å². The van der Waals surface area contributed by atoms with Crippen molar-refractivity contribution in [2.45, 2.75) is 32.6 Å². The van der Waals surface area contributed by atoms with Gasteiger partial charge in [-0.25, -0.2) is 0 Å². The molecule has 0 atom stereocenters. The van der Waals surface area contributed by atoms with Crippen LogP contribution in [0.3, 0.4) is 0 Å². The Kier molecular flexibility index (Phi) is 4.83. The SMILES string of the molecule is C=Cc1ccc(NC(=O)C2CCC(C)CC2)cc1OC. The van der Waals surface area contributed by atoms with E-state index in [0.717, 1.165) is 48.6 Å². The van der Waals surface area contributed by atoms with Crippen molar-refractivity contribution in [2.75, 3.05) is 12.4 Å². The smallest absolute Gasteiger partial charge is 0.227 e. The maximum atomic E-state index is 12.3. The number of anilines is 1. The number of benzene rings is 1. The van der Waals surface area contributed by atoms with Crippen molar-refractivity contribution in [3.05, 3.63) is 30.3 Å². The summed E-state index contributed by atoms with van der Waals surface area (Å²) in [5.41, 5.74) is 1.72. The van der Waals surface area contributed by atoms with E-state index in [-0.39, 0.29) is 11.8 Å². The molecule has 1 amide bonds. The summed E-state index contributed by atoms with van der Waals surface area (Å²) in [5, 5.41) is 3.00. The number of rotatable bonds is 4. The summed E-state index contributed by atoms with van der Waals surface area (Å²) in [5.74, 6) is 1.77. The van der Waals surface area contributed by atoms with Crippen LogP contribution >= 0.6 is 0 Å². The van der Waals surface area contributed by atoms with Crippen LogP contribution in [0.5, 0.6) is 5.75 Å². The van der Waals surface area contributed by atoms with Crippen molar-refractivity contribution in [1.82, 2.24) is 0 Å². The van der Waals surface area contributed by atoms with Crippen LogP contribution in [0, 0.1) is 11.8 Å². The molecule has 20 heavy (non-hydrogen) atoms. The van der Waals surface area contributed by atoms with Crippen LogP contribution in [0.4, 0.5) is 5.69 Å². The summed E-state index contributed by atoms with van der Waals surface area (Å²) in [4.78, 5) is 12.3. The van der Waals surface area contributed by atoms with Gasteiger partial charge in [0.1, 0.15) is 5.75 Å². The second-order valence-electron chi connectivity index (χ2n) is 5.61. The van der Waals surface area contributed by atoms with Crippen molar-refractivity contribution in [2.24, 2.45) is 11.8 Å². The van der Waals surface area contributed by atoms with Gasteiger partial charge >= 0.3 is 0 Å². The van der Waals surface area contributed by atoms with Crippen LogP contribution in [0.2, 0.25) is 0 Å². The largest absolute Gasteiger partial charge is 0.496 e. The van der Waals surface area contributed by atoms with Gasteiger partial charge in [0, 0.05) is 23.2 Å². The highest BCUT2D eigenvalue weighted by atomic mass is 16.5. The van der Waals surface area contributed by atoms with Gasteiger partial charge in [-0.1, -0.05) is 19.6 Å². The Morgan fingerprint density at radius 2 is 2.05 bits per heavy atom. The van der Waals surface area contributed by atoms with Crippen LogP contribution in [-0.2, 0) is 4.79 Å². The summed E-state index contributed by atoms with van der Waals surface area (Å²) < 4.78 is 5.30. The van der Waals surface area contributed by atoms with Crippen molar-refractivity contribution >= 4 is 17.7 Å². The van der Waals surface area contributed by atoms with Gasteiger partial charge in [-0.15, -0.1) is 0 Å². The number of methoxy groups -OCH3 is 1. The number of amides is 1. The van der Waals surface area contributed by atoms with Crippen LogP contribution in [0.25, 0.3) is 6.08 Å². The molecular formula is C17H23NO2. The minimum atomic E-state index is 0.130. The van der Waals surface area contributed by atoms with E-state index in [0.29, 0.717) is 0 Å². The third-order valence-electron chi connectivity index (χ3n) is 4.11. The third-order valence-corrected chi connectivity index (χ3v) is 4.11. The van der Waals surface area contributed by atoms with Crippen molar-refractivity contribution in [3.8, 4) is 5.75 Å². The van der Waals surface area contributed by atoms with E-state index in [2.05, 4.69) is 18.8 Å². The first-order chi connectivity index (χ1) is 9.63. The van der Waals surface area contributed by atoms with Crippen LogP contribution in [0.1, 0.15) is 38.2 Å². The number of hydrogen-bond donors (Lipinski definition) is 1. The first-order valence-electron chi connectivity index (χ1n) is 7.25. The Labute approximate surface area is 121 Å². The normalized spacial score (nSPS) is 22.1. The molecule has 0 heterocycles. The van der Waals surface area contributed by atoms with E-state index in [4.69, 9.17) is 4.74 Å². The average Bonchev–Trinajstić information content (AvgIpc) is 2.47. The maximum absolute atomic E-state index is 12.3. The first kappa shape index (κ1) is 14.6. The Balaban J connectivity index is 2.02. The number of nitrogens with one attached hydrogen (secondary N) is 1. The molecule has 2 rings (SSSR count). The van der Waals surface area contributed by atoms with Gasteiger partial charge in [-0.2, -0.15) is 0 Å². The standard InChI is InChI=1S/C17H23NO2/c1-4-13-9-10-15(11-16(13)20-3)18-17(19)14-7-5-12(2)6-8-14/h4,9-12,14H,1,5-8H2,2-3H3,(H,18,19). The highest BCUT2D eigenvalue weighted by Gasteiger charge is 2.24. The minimum absolute atomic E-state index is 0.130. The van der Waals surface area contributed by atoms with Gasteiger partial charge in [0.2, 0.25) is 5.91 Å². The van der Waals surface area contributed by atoms with E-state index < -0.39 is 0 Å². The lowest BCUT2D eigenvalue weighted by atomic mass is 9.82. The zero-order valence-electron chi connectivity index (χ0n) is 12.3. The average molecular weight is 273 g/mol. The number of hydrogen-bond acceptors (Lipinski definition) is 2. The molecular weight excluding hydrogens is 250 g/mol. The summed E-state index contributed by atoms with van der Waals surface area (Å²) >= 11 is 0. The Morgan fingerprint density at radius 3 is 2.65 bits per heavy atom. The Hall–Kier alpha value is -1.77. The molecule has 3 nitrogen and oxygen atoms in total. The lowest BCUT2D eigenvalue weighted by molar-refractivity contribution is -0.121. The van der Waals surface area contributed by atoms with Crippen LogP contribution in [-0.4, -0.2) is 13.0 Å². The topological polar surface area (TPSA) is 38.3 Å². The molecule has 0 bridgehead atoms. The van der Waals surface area contributed by atoms with Crippen LogP contribution in [0.15, 0.2) is 24.8 Å². The van der Waals surface area contributed by atoms with Gasteiger partial charge in [0.25, 0.3) is 0 Å². The van der Waals surface area contributed by atoms with Crippen LogP contribution < -0.4 is 10.1 Å². The van der Waals surface area contributed by atoms with Crippen molar-refractivity contribution in [3.63, 3.8) is 0 Å². The number of carbonyl (C=O) groups excluding carboxylic acids is 1. The number of ether oxygens (including phenoxy) is 1. The lowest BCUT2D eigenvalue weighted by Gasteiger charge is -2.25. The molecule has 0 spiro atoms. The molecule has 0 aromatic heterocycles. The summed E-state index contributed by atoms with van der Waals surface area (Å²) in [6.07, 6.45) is 6.03. The molecule has 1 aliphatic carbocycles. The third kappa shape index (κ3) is 3.41. The molecule has 3 heteroatoms. The predicted molar refractivity (Wildman–Crippen MR) is 82.8 cm³/mol. The molecule has 1 aliphatic rings. The van der Waals surface area contributed by atoms with E-state index in [1.54, 1.807) is 13.2 Å². The first-order valence-corrected chi connectivity index (χ1v) is 7.25. The fourth-order valence-corrected chi connectivity index (χ4v) is 2.72. The van der Waals surface area contributed by atoms with E-state index in [9.17, 15) is 4.79 Å². The van der Waals surface area contributed by atoms with E-state index in [1.807, 2.05) is 18.2 Å². The molecule has 1 aromatic carbocycles. The zero-order chi connectivity index (χ0) is 14.5. The quantitative estimate of drug-likeness (QED) is 0.896. The second kappa shape index (κ2) is 6.60. The minimum Gasteiger partial charge on any atom is -0.496 e. The van der Waals surface area contributed by atoms with Gasteiger partial charge < -0.3 is 10.1 Å². The molecule has 1 saturated carbocycles. The van der Waals surface area contributed by atoms with Crippen molar-refractivity contribution in [1.29, 1.82) is 0 Å². The summed E-state index contributed by atoms with van der Waals surface area (Å²) in [6.45, 7) is 6.00. The highest BCUT2D eigenvalue weighted by Crippen LogP contribution is 2.30. The molecule has 0 saturated heterocycles. The Morgan fingerprint density at radius 1 is 1.35 bits per heavy atom. The molecule has 0 aliphatic heterocycles. The molecule has 108 valence electrons. The molecule has 0 unspecified atom stereocenters. The lowest BCUT2D eigenvalue weighted by Crippen LogP contribution is -2.26. The summed E-state index contributed by atoms with van der Waals surface area (Å²) in [6, 6.07) is 5.65. The summed E-state index contributed by atoms with van der Waals surface area (Å²) in [7, 11) is 1.62. The van der Waals surface area contributed by atoms with Gasteiger partial charge in [-0.05, 0) is 43.7 Å². The molecule has 1 fully saturated rings. The highest BCUT2D eigenvalue weighted by molar-refractivity contribution is 5.93. The molecule has 0 radical (unpaired) electrons. The van der Waals surface area contributed by atoms with Gasteiger partial charge in [0.15, 0.2) is 0 Å². The maximum Gasteiger partial charge on any atom is 0.227 e. The van der Waals surface area contributed by atoms with Gasteiger partial charge in [0.05, 0.1) is 7.11 Å². The molecule has 1 aromatic rings. The van der Waals surface area contributed by atoms with E-state index >= 15 is 0 Å². The number of carbonyl (C=O) groups is 1. The predicted octanol–water partition coefficient (Wildman–Crippen LogP) is 4.10. The van der Waals surface area contributed by atoms with E-state index in [1.165, 1.54) is 0 Å². The second-order valence-corrected chi connectivity index (χ2v) is 5.61. The monoisotopic (exact) mass is 273 g/mol. The fourth-order valence-electron chi connectivity index (χ4n) is 2.72. The molecule has 1 N–H and O–H groups in total. The fraction of sp³-hybridized carbons (Fsp3) is 0.471.